The summed E-state index contributed by atoms with van der Waals surface area (Å²) in [5.41, 5.74) is 2.69. The van der Waals surface area contributed by atoms with Crippen LogP contribution in [0.25, 0.3) is 0 Å². The van der Waals surface area contributed by atoms with Crippen LogP contribution in [0.4, 0.5) is 0 Å². The Morgan fingerprint density at radius 3 is 2.00 bits per heavy atom. The third-order valence-electron chi connectivity index (χ3n) is 7.92. The van der Waals surface area contributed by atoms with Crippen molar-refractivity contribution < 1.29 is 43.0 Å². The molecule has 1 N–H and O–H groups in total. The highest BCUT2D eigenvalue weighted by atomic mass is 16.6. The van der Waals surface area contributed by atoms with Crippen LogP contribution in [-0.2, 0) is 56.0 Å². The number of nitrogens with one attached hydrogen (secondary N) is 1. The summed E-state index contributed by atoms with van der Waals surface area (Å²) in [4.78, 5) is 87.1. The molecule has 2 fully saturated rings. The maximum Gasteiger partial charge on any atom is 0.329 e. The van der Waals surface area contributed by atoms with Gasteiger partial charge in [0.2, 0.25) is 18.1 Å². The summed E-state index contributed by atoms with van der Waals surface area (Å²) in [6.07, 6.45) is 0.574. The van der Waals surface area contributed by atoms with E-state index < -0.39 is 66.0 Å². The van der Waals surface area contributed by atoms with Gasteiger partial charge in [-0.25, -0.2) is 9.78 Å². The number of H-pyrrole nitrogens is 1. The fourth-order valence-electron chi connectivity index (χ4n) is 5.76. The second-order valence-electron chi connectivity index (χ2n) is 12.1. The summed E-state index contributed by atoms with van der Waals surface area (Å²) in [7, 11) is 0. The van der Waals surface area contributed by atoms with E-state index in [-0.39, 0.29) is 25.4 Å². The minimum absolute atomic E-state index is 0.00724. The van der Waals surface area contributed by atoms with Crippen LogP contribution in [0.15, 0.2) is 36.8 Å². The van der Waals surface area contributed by atoms with Crippen molar-refractivity contribution in [3.63, 3.8) is 0 Å². The number of likely N-dealkylation sites (tertiary alicyclic amines) is 2. The van der Waals surface area contributed by atoms with Crippen molar-refractivity contribution in [3.8, 4) is 0 Å². The second-order valence-corrected chi connectivity index (χ2v) is 12.1. The van der Waals surface area contributed by atoms with E-state index in [9.17, 15) is 28.8 Å². The molecule has 13 heteroatoms. The maximum atomic E-state index is 13.9. The van der Waals surface area contributed by atoms with Crippen molar-refractivity contribution in [2.45, 2.75) is 104 Å². The molecule has 45 heavy (non-hydrogen) atoms. The number of aromatic amines is 1. The van der Waals surface area contributed by atoms with Gasteiger partial charge in [-0.3, -0.25) is 28.9 Å². The number of carbonyl (C=O) groups excluding carboxylic acids is 6. The average molecular weight is 625 g/mol. The molecule has 2 saturated heterocycles. The number of hydrogen-bond donors (Lipinski definition) is 1. The number of β-lactam (4-membered cyclic amide) rings is 1. The Labute approximate surface area is 261 Å². The van der Waals surface area contributed by atoms with E-state index in [1.807, 2.05) is 38.1 Å². The van der Waals surface area contributed by atoms with Gasteiger partial charge < -0.3 is 24.1 Å². The number of carbonyl (C=O) groups is 6. The lowest BCUT2D eigenvalue weighted by Crippen LogP contribution is -2.75. The number of imide groups is 1. The molecule has 0 bridgehead atoms. The highest BCUT2D eigenvalue weighted by Gasteiger charge is 2.63. The Morgan fingerprint density at radius 2 is 1.51 bits per heavy atom. The number of aromatic nitrogens is 2. The van der Waals surface area contributed by atoms with Crippen LogP contribution in [0.1, 0.15) is 77.1 Å². The van der Waals surface area contributed by atoms with Gasteiger partial charge in [0.05, 0.1) is 12.4 Å². The zero-order chi connectivity index (χ0) is 33.0. The summed E-state index contributed by atoms with van der Waals surface area (Å²) < 4.78 is 15.8. The molecular formula is C32H40N4O9. The van der Waals surface area contributed by atoms with Crippen LogP contribution >= 0.6 is 0 Å². The van der Waals surface area contributed by atoms with Crippen molar-refractivity contribution in [3.05, 3.63) is 53.6 Å². The molecule has 2 aromatic rings. The summed E-state index contributed by atoms with van der Waals surface area (Å²) in [5.74, 6) is -4.58. The Hall–Kier alpha value is -4.55. The molecule has 3 heterocycles. The number of imidazole rings is 1. The zero-order valence-electron chi connectivity index (χ0n) is 26.3. The topological polar surface area (TPSA) is 165 Å². The van der Waals surface area contributed by atoms with Gasteiger partial charge in [0.1, 0.15) is 18.7 Å². The SMILES string of the molecule is CC(=O)OC1C(=O)N(C2C(=O)N(C(CC(C)C)C(=O)OCc3ccc(C(C)C)cc3)C2CCc2cnc[nH]2)C(=O)C1OC(C)=O. The normalized spacial score (nSPS) is 22.1. The van der Waals surface area contributed by atoms with Crippen molar-refractivity contribution >= 4 is 35.6 Å². The summed E-state index contributed by atoms with van der Waals surface area (Å²) in [6, 6.07) is 4.65. The van der Waals surface area contributed by atoms with Gasteiger partial charge in [0.25, 0.3) is 11.8 Å². The predicted octanol–water partition coefficient (Wildman–Crippen LogP) is 2.44. The van der Waals surface area contributed by atoms with Gasteiger partial charge in [-0.05, 0) is 42.2 Å². The number of ether oxygens (including phenoxy) is 3. The quantitative estimate of drug-likeness (QED) is 0.151. The highest BCUT2D eigenvalue weighted by Crippen LogP contribution is 2.37. The summed E-state index contributed by atoms with van der Waals surface area (Å²) in [5, 5.41) is 0. The highest BCUT2D eigenvalue weighted by molar-refractivity contribution is 6.13. The van der Waals surface area contributed by atoms with Gasteiger partial charge in [-0.1, -0.05) is 52.0 Å². The van der Waals surface area contributed by atoms with Crippen molar-refractivity contribution in [1.29, 1.82) is 0 Å². The number of amides is 3. The Kier molecular flexibility index (Phi) is 10.4. The van der Waals surface area contributed by atoms with Gasteiger partial charge in [-0.2, -0.15) is 0 Å². The molecule has 3 amide bonds. The third kappa shape index (κ3) is 7.40. The fourth-order valence-corrected chi connectivity index (χ4v) is 5.76. The van der Waals surface area contributed by atoms with Gasteiger partial charge in [0, 0.05) is 25.7 Å². The summed E-state index contributed by atoms with van der Waals surface area (Å²) in [6.45, 7) is 10.1. The molecule has 1 aromatic heterocycles. The maximum absolute atomic E-state index is 13.9. The van der Waals surface area contributed by atoms with Crippen molar-refractivity contribution in [1.82, 2.24) is 19.8 Å². The molecule has 5 atom stereocenters. The molecule has 13 nitrogen and oxygen atoms in total. The van der Waals surface area contributed by atoms with Crippen molar-refractivity contribution in [2.75, 3.05) is 0 Å². The molecule has 0 saturated carbocycles. The first-order chi connectivity index (χ1) is 21.3. The van der Waals surface area contributed by atoms with Gasteiger partial charge in [-0.15, -0.1) is 0 Å². The second kappa shape index (κ2) is 14.0. The Morgan fingerprint density at radius 1 is 0.911 bits per heavy atom. The summed E-state index contributed by atoms with van der Waals surface area (Å²) >= 11 is 0. The van der Waals surface area contributed by atoms with Crippen molar-refractivity contribution in [2.24, 2.45) is 5.92 Å². The molecule has 242 valence electrons. The molecule has 0 aliphatic carbocycles. The molecule has 4 rings (SSSR count). The molecule has 2 aliphatic heterocycles. The lowest BCUT2D eigenvalue weighted by Gasteiger charge is -2.52. The monoisotopic (exact) mass is 624 g/mol. The number of hydrogen-bond acceptors (Lipinski definition) is 10. The number of nitrogens with zero attached hydrogens (tertiary/aromatic N) is 3. The predicted molar refractivity (Wildman–Crippen MR) is 158 cm³/mol. The first kappa shape index (κ1) is 33.3. The Bertz CT molecular complexity index is 1390. The first-order valence-corrected chi connectivity index (χ1v) is 15.1. The fraction of sp³-hybridized carbons (Fsp3) is 0.531. The number of rotatable bonds is 13. The molecule has 1 aromatic carbocycles. The molecule has 5 unspecified atom stereocenters. The van der Waals surface area contributed by atoms with E-state index in [4.69, 9.17) is 14.2 Å². The smallest absolute Gasteiger partial charge is 0.329 e. The van der Waals surface area contributed by atoms with Crippen LogP contribution < -0.4 is 0 Å². The molecule has 0 spiro atoms. The van der Waals surface area contributed by atoms with E-state index >= 15 is 0 Å². The molecular weight excluding hydrogens is 584 g/mol. The zero-order valence-corrected chi connectivity index (χ0v) is 26.3. The van der Waals surface area contributed by atoms with Crippen LogP contribution in [0.3, 0.4) is 0 Å². The average Bonchev–Trinajstić information content (AvgIpc) is 3.56. The third-order valence-corrected chi connectivity index (χ3v) is 7.92. The van der Waals surface area contributed by atoms with E-state index in [0.717, 1.165) is 30.7 Å². The van der Waals surface area contributed by atoms with Crippen LogP contribution in [0, 0.1) is 5.92 Å². The molecule has 2 aliphatic rings. The Balaban J connectivity index is 1.61. The lowest BCUT2D eigenvalue weighted by molar-refractivity contribution is -0.181. The van der Waals surface area contributed by atoms with E-state index in [1.165, 1.54) is 11.2 Å². The number of benzene rings is 1. The van der Waals surface area contributed by atoms with Gasteiger partial charge in [0.15, 0.2) is 0 Å². The largest absolute Gasteiger partial charge is 0.459 e. The lowest BCUT2D eigenvalue weighted by atomic mass is 9.85. The van der Waals surface area contributed by atoms with Crippen LogP contribution in [0.5, 0.6) is 0 Å². The van der Waals surface area contributed by atoms with E-state index in [2.05, 4.69) is 23.8 Å². The van der Waals surface area contributed by atoms with E-state index in [1.54, 1.807) is 6.20 Å². The minimum atomic E-state index is -1.73. The minimum Gasteiger partial charge on any atom is -0.459 e. The van der Waals surface area contributed by atoms with Crippen LogP contribution in [0.2, 0.25) is 0 Å². The first-order valence-electron chi connectivity index (χ1n) is 15.1. The number of esters is 3. The van der Waals surface area contributed by atoms with Gasteiger partial charge >= 0.3 is 17.9 Å². The number of aryl methyl sites for hydroxylation is 1. The van der Waals surface area contributed by atoms with E-state index in [0.29, 0.717) is 17.2 Å². The molecule has 0 radical (unpaired) electrons. The van der Waals surface area contributed by atoms with Crippen LogP contribution in [-0.4, -0.2) is 85.7 Å². The standard InChI is InChI=1S/C32H40N4O9/c1-17(2)13-25(32(42)43-15-21-7-9-22(10-8-21)18(3)4)35-24(12-11-23-14-33-16-34-23)26(29(35)39)36-30(40)27(44-19(5)37)28(31(36)41)45-20(6)38/h7-10,14,16-18,24-28H,11-13,15H2,1-6H3,(H,33,34).